The zero-order chi connectivity index (χ0) is 14.0. The first-order valence-corrected chi connectivity index (χ1v) is 8.24. The number of hydrogen-bond acceptors (Lipinski definition) is 3. The predicted molar refractivity (Wildman–Crippen MR) is 83.5 cm³/mol. The van der Waals surface area contributed by atoms with Crippen LogP contribution in [0.25, 0.3) is 10.2 Å². The number of benzene rings is 1. The summed E-state index contributed by atoms with van der Waals surface area (Å²) < 4.78 is 14.5. The maximum atomic E-state index is 13.3. The number of aromatic nitrogens is 1. The number of nitrogens with zero attached hydrogens (tertiary/aromatic N) is 1. The van der Waals surface area contributed by atoms with Gasteiger partial charge in [0.15, 0.2) is 5.13 Å². The number of carbonyl (C=O) groups is 1. The average Bonchev–Trinajstić information content (AvgIpc) is 2.72. The van der Waals surface area contributed by atoms with Gasteiger partial charge in [0.25, 0.3) is 0 Å². The first kappa shape index (κ1) is 14.9. The van der Waals surface area contributed by atoms with Crippen molar-refractivity contribution < 1.29 is 9.18 Å². The minimum absolute atomic E-state index is 0.127. The molecule has 0 saturated carbocycles. The van der Waals surface area contributed by atoms with Crippen molar-refractivity contribution >= 4 is 64.5 Å². The minimum Gasteiger partial charge on any atom is -0.301 e. The van der Waals surface area contributed by atoms with Crippen molar-refractivity contribution in [2.45, 2.75) is 24.6 Å². The molecule has 0 aliphatic carbocycles. The maximum absolute atomic E-state index is 13.3. The van der Waals surface area contributed by atoms with E-state index in [-0.39, 0.29) is 16.6 Å². The van der Waals surface area contributed by atoms with Gasteiger partial charge in [0, 0.05) is 4.47 Å². The number of nitrogens with one attached hydrogen (secondary N) is 1. The van der Waals surface area contributed by atoms with Gasteiger partial charge in [0.2, 0.25) is 5.91 Å². The summed E-state index contributed by atoms with van der Waals surface area (Å²) in [5, 5.41) is 3.22. The summed E-state index contributed by atoms with van der Waals surface area (Å²) in [6.45, 7) is 2.01. The van der Waals surface area contributed by atoms with Crippen LogP contribution in [0.4, 0.5) is 9.52 Å². The predicted octanol–water partition coefficient (Wildman–Crippen LogP) is 4.70. The lowest BCUT2D eigenvalue weighted by molar-refractivity contribution is -0.115. The highest BCUT2D eigenvalue weighted by Gasteiger charge is 2.16. The highest BCUT2D eigenvalue weighted by atomic mass is 79.9. The SMILES string of the molecule is CCC[C@H](Br)C(=O)Nc1nc2c(Br)cc(F)cc2s1. The van der Waals surface area contributed by atoms with E-state index in [0.29, 0.717) is 19.8 Å². The molecule has 0 radical (unpaired) electrons. The summed E-state index contributed by atoms with van der Waals surface area (Å²) in [4.78, 5) is 15.9. The molecule has 7 heteroatoms. The minimum atomic E-state index is -0.328. The number of carbonyl (C=O) groups excluding carboxylic acids is 1. The number of hydrogen-bond donors (Lipinski definition) is 1. The Kier molecular flexibility index (Phi) is 4.92. The van der Waals surface area contributed by atoms with E-state index < -0.39 is 0 Å². The van der Waals surface area contributed by atoms with Crippen LogP contribution in [0.2, 0.25) is 0 Å². The zero-order valence-electron chi connectivity index (χ0n) is 10.0. The summed E-state index contributed by atoms with van der Waals surface area (Å²) in [6, 6.07) is 2.77. The summed E-state index contributed by atoms with van der Waals surface area (Å²) in [5.74, 6) is -0.456. The highest BCUT2D eigenvalue weighted by Crippen LogP contribution is 2.32. The average molecular weight is 410 g/mol. The molecule has 1 aromatic carbocycles. The third-order valence-electron chi connectivity index (χ3n) is 2.47. The Balaban J connectivity index is 2.22. The molecule has 1 atom stereocenters. The van der Waals surface area contributed by atoms with E-state index in [1.807, 2.05) is 6.92 Å². The molecule has 0 aliphatic heterocycles. The van der Waals surface area contributed by atoms with E-state index >= 15 is 0 Å². The van der Waals surface area contributed by atoms with Crippen LogP contribution in [0.15, 0.2) is 16.6 Å². The molecule has 3 nitrogen and oxygen atoms in total. The van der Waals surface area contributed by atoms with Crippen LogP contribution in [0, 0.1) is 5.82 Å². The molecule has 102 valence electrons. The van der Waals surface area contributed by atoms with Crippen molar-refractivity contribution in [1.82, 2.24) is 4.98 Å². The number of rotatable bonds is 4. The first-order valence-electron chi connectivity index (χ1n) is 5.71. The Morgan fingerprint density at radius 1 is 1.58 bits per heavy atom. The van der Waals surface area contributed by atoms with E-state index in [4.69, 9.17) is 0 Å². The third kappa shape index (κ3) is 3.52. The summed E-state index contributed by atoms with van der Waals surface area (Å²) >= 11 is 7.85. The van der Waals surface area contributed by atoms with Crippen LogP contribution < -0.4 is 5.32 Å². The second kappa shape index (κ2) is 6.28. The normalized spacial score (nSPS) is 12.6. The number of amides is 1. The van der Waals surface area contributed by atoms with Gasteiger partial charge in [0.1, 0.15) is 5.82 Å². The smallest absolute Gasteiger partial charge is 0.239 e. The molecule has 0 unspecified atom stereocenters. The van der Waals surface area contributed by atoms with Crippen LogP contribution in [0.1, 0.15) is 19.8 Å². The Bertz CT molecular complexity index is 617. The lowest BCUT2D eigenvalue weighted by Crippen LogP contribution is -2.22. The molecule has 0 bridgehead atoms. The van der Waals surface area contributed by atoms with Crippen molar-refractivity contribution in [1.29, 1.82) is 0 Å². The Morgan fingerprint density at radius 2 is 2.32 bits per heavy atom. The second-order valence-corrected chi connectivity index (χ2v) is 6.99. The molecular weight excluding hydrogens is 399 g/mol. The fraction of sp³-hybridized carbons (Fsp3) is 0.333. The van der Waals surface area contributed by atoms with Crippen LogP contribution in [0.3, 0.4) is 0 Å². The van der Waals surface area contributed by atoms with E-state index in [1.165, 1.54) is 23.5 Å². The number of halogens is 3. The van der Waals surface area contributed by atoms with Gasteiger partial charge < -0.3 is 5.32 Å². The molecule has 2 aromatic rings. The number of thiazole rings is 1. The van der Waals surface area contributed by atoms with E-state index in [2.05, 4.69) is 42.2 Å². The van der Waals surface area contributed by atoms with Crippen molar-refractivity contribution in [3.8, 4) is 0 Å². The van der Waals surface area contributed by atoms with Crippen LogP contribution in [0.5, 0.6) is 0 Å². The van der Waals surface area contributed by atoms with Gasteiger partial charge in [-0.3, -0.25) is 4.79 Å². The van der Waals surface area contributed by atoms with E-state index in [0.717, 1.165) is 12.8 Å². The lowest BCUT2D eigenvalue weighted by atomic mass is 10.2. The Morgan fingerprint density at radius 3 is 3.00 bits per heavy atom. The topological polar surface area (TPSA) is 42.0 Å². The van der Waals surface area contributed by atoms with Crippen LogP contribution >= 0.6 is 43.2 Å². The number of anilines is 1. The molecule has 19 heavy (non-hydrogen) atoms. The monoisotopic (exact) mass is 408 g/mol. The molecule has 1 aromatic heterocycles. The summed E-state index contributed by atoms with van der Waals surface area (Å²) in [6.07, 6.45) is 1.68. The third-order valence-corrected chi connectivity index (χ3v) is 4.87. The molecule has 1 N–H and O–H groups in total. The quantitative estimate of drug-likeness (QED) is 0.743. The molecule has 0 spiro atoms. The summed E-state index contributed by atoms with van der Waals surface area (Å²) in [5.41, 5.74) is 0.656. The zero-order valence-corrected chi connectivity index (χ0v) is 14.0. The van der Waals surface area contributed by atoms with Gasteiger partial charge >= 0.3 is 0 Å². The second-order valence-electron chi connectivity index (χ2n) is 4.00. The fourth-order valence-corrected chi connectivity index (χ4v) is 3.72. The van der Waals surface area contributed by atoms with Gasteiger partial charge in [0.05, 0.1) is 15.0 Å². The molecule has 0 saturated heterocycles. The largest absolute Gasteiger partial charge is 0.301 e. The van der Waals surface area contributed by atoms with Crippen molar-refractivity contribution in [3.63, 3.8) is 0 Å². The van der Waals surface area contributed by atoms with Gasteiger partial charge in [-0.25, -0.2) is 9.37 Å². The van der Waals surface area contributed by atoms with Gasteiger partial charge in [-0.05, 0) is 34.5 Å². The summed E-state index contributed by atoms with van der Waals surface area (Å²) in [7, 11) is 0. The first-order chi connectivity index (χ1) is 9.01. The standard InChI is InChI=1S/C12H11Br2FN2OS/c1-2-3-7(13)11(18)17-12-16-10-8(14)4-6(15)5-9(10)19-12/h4-5,7H,2-3H2,1H3,(H,16,17,18)/t7-/m0/s1. The van der Waals surface area contributed by atoms with E-state index in [1.54, 1.807) is 0 Å². The Labute approximate surface area is 130 Å². The van der Waals surface area contributed by atoms with Gasteiger partial charge in [-0.2, -0.15) is 0 Å². The Hall–Kier alpha value is -0.530. The number of fused-ring (bicyclic) bond motifs is 1. The van der Waals surface area contributed by atoms with Crippen molar-refractivity contribution in [3.05, 3.63) is 22.4 Å². The van der Waals surface area contributed by atoms with Crippen molar-refractivity contribution in [2.24, 2.45) is 0 Å². The van der Waals surface area contributed by atoms with Gasteiger partial charge in [-0.1, -0.05) is 40.6 Å². The highest BCUT2D eigenvalue weighted by molar-refractivity contribution is 9.10. The molecule has 2 rings (SSSR count). The molecule has 0 fully saturated rings. The molecule has 0 aliphatic rings. The molecule has 1 amide bonds. The van der Waals surface area contributed by atoms with E-state index in [9.17, 15) is 9.18 Å². The van der Waals surface area contributed by atoms with Crippen LogP contribution in [-0.2, 0) is 4.79 Å². The van der Waals surface area contributed by atoms with Crippen LogP contribution in [-0.4, -0.2) is 15.7 Å². The lowest BCUT2D eigenvalue weighted by Gasteiger charge is -2.06. The van der Waals surface area contributed by atoms with Gasteiger partial charge in [-0.15, -0.1) is 0 Å². The fourth-order valence-electron chi connectivity index (χ4n) is 1.58. The molecule has 1 heterocycles. The van der Waals surface area contributed by atoms with Crippen molar-refractivity contribution in [2.75, 3.05) is 5.32 Å². The number of alkyl halides is 1. The molecular formula is C12H11Br2FN2OS. The maximum Gasteiger partial charge on any atom is 0.239 e.